The van der Waals surface area contributed by atoms with Gasteiger partial charge >= 0.3 is 5.97 Å². The van der Waals surface area contributed by atoms with Crippen molar-refractivity contribution < 1.29 is 14.0 Å². The molecule has 1 rings (SSSR count). The fourth-order valence-corrected chi connectivity index (χ4v) is 6.59. The van der Waals surface area contributed by atoms with Crippen molar-refractivity contribution in [3.63, 3.8) is 0 Å². The maximum atomic E-state index is 11.9. The lowest BCUT2D eigenvalue weighted by Crippen LogP contribution is -2.47. The molecule has 0 saturated heterocycles. The molecule has 1 aliphatic rings. The van der Waals surface area contributed by atoms with E-state index in [0.717, 1.165) is 0 Å². The Morgan fingerprint density at radius 3 is 2.15 bits per heavy atom. The Bertz CT molecular complexity index is 575. The van der Waals surface area contributed by atoms with E-state index >= 15 is 0 Å². The molecule has 0 unspecified atom stereocenters. The van der Waals surface area contributed by atoms with Crippen LogP contribution in [-0.4, -0.2) is 35.1 Å². The number of hydrogen-bond donors (Lipinski definition) is 0. The van der Waals surface area contributed by atoms with Crippen LogP contribution in [0.25, 0.3) is 0 Å². The molecule has 0 heterocycles. The first kappa shape index (κ1) is 23.4. The predicted octanol–water partition coefficient (Wildman–Crippen LogP) is 5.96. The number of carbonyl (C=O) groups excluding carboxylic acids is 1. The molecule has 1 aliphatic carbocycles. The smallest absolute Gasteiger partial charge is 0.330 e. The number of allylic oxidation sites excluding steroid dienone is 2. The second kappa shape index (κ2) is 7.76. The Balaban J connectivity index is 3.24. The number of esters is 1. The average molecular weight is 397 g/mol. The van der Waals surface area contributed by atoms with Crippen molar-refractivity contribution in [2.45, 2.75) is 85.4 Å². The zero-order valence-electron chi connectivity index (χ0n) is 18.8. The molecule has 0 saturated carbocycles. The number of hydrogen-bond acceptors (Lipinski definition) is 3. The van der Waals surface area contributed by atoms with Crippen molar-refractivity contribution >= 4 is 22.4 Å². The van der Waals surface area contributed by atoms with Gasteiger partial charge in [-0.25, -0.2) is 4.79 Å². The molecular formula is C21H40O3Si2. The van der Waals surface area contributed by atoms with E-state index in [4.69, 9.17) is 9.16 Å². The third-order valence-corrected chi connectivity index (χ3v) is 12.7. The van der Waals surface area contributed by atoms with Gasteiger partial charge in [-0.2, -0.15) is 0 Å². The van der Waals surface area contributed by atoms with Crippen LogP contribution in [0, 0.1) is 11.3 Å². The second-order valence-electron chi connectivity index (χ2n) is 10.6. The van der Waals surface area contributed by atoms with Gasteiger partial charge in [0.2, 0.25) is 0 Å². The first-order chi connectivity index (χ1) is 11.5. The highest BCUT2D eigenvalue weighted by Crippen LogP contribution is 2.50. The predicted molar refractivity (Wildman–Crippen MR) is 117 cm³/mol. The van der Waals surface area contributed by atoms with E-state index in [1.165, 1.54) is 5.20 Å². The van der Waals surface area contributed by atoms with E-state index in [1.54, 1.807) is 6.08 Å². The minimum atomic E-state index is -1.88. The molecule has 0 radical (unpaired) electrons. The zero-order chi connectivity index (χ0) is 20.6. The molecule has 150 valence electrons. The van der Waals surface area contributed by atoms with Crippen molar-refractivity contribution in [1.29, 1.82) is 0 Å². The quantitative estimate of drug-likeness (QED) is 0.316. The maximum Gasteiger partial charge on any atom is 0.330 e. The van der Waals surface area contributed by atoms with Crippen LogP contribution in [0.2, 0.25) is 37.8 Å². The van der Waals surface area contributed by atoms with Gasteiger partial charge in [0, 0.05) is 17.4 Å². The van der Waals surface area contributed by atoms with Gasteiger partial charge in [-0.15, -0.1) is 0 Å². The molecular weight excluding hydrogens is 356 g/mol. The molecule has 0 aromatic rings. The lowest BCUT2D eigenvalue weighted by molar-refractivity contribution is -0.137. The van der Waals surface area contributed by atoms with Gasteiger partial charge in [-0.1, -0.05) is 71.6 Å². The van der Waals surface area contributed by atoms with Gasteiger partial charge in [-0.3, -0.25) is 0 Å². The highest BCUT2D eigenvalue weighted by atomic mass is 28.4. The monoisotopic (exact) mass is 396 g/mol. The fourth-order valence-electron chi connectivity index (χ4n) is 3.17. The summed E-state index contributed by atoms with van der Waals surface area (Å²) in [6.45, 7) is 25.4. The van der Waals surface area contributed by atoms with Crippen molar-refractivity contribution in [2.75, 3.05) is 6.61 Å². The minimum absolute atomic E-state index is 0.0753. The summed E-state index contributed by atoms with van der Waals surface area (Å²) in [5.74, 6) is -0.0414. The standard InChI is InChI=1S/C21H40O3Si2/c1-12-23-19(22)14-13-16-17(25(7,8)9)15-18(21(16,5)6)24-26(10,11)20(2,3)4/h13-16,18H,12H2,1-11H3/b14-13+/t16-,18-/m0/s1. The Kier molecular flexibility index (Phi) is 6.98. The second-order valence-corrected chi connectivity index (χ2v) is 20.4. The molecule has 5 heteroatoms. The Labute approximate surface area is 163 Å². The Hall–Kier alpha value is -0.656. The molecule has 3 nitrogen and oxygen atoms in total. The van der Waals surface area contributed by atoms with Crippen LogP contribution in [0.4, 0.5) is 0 Å². The molecule has 2 atom stereocenters. The van der Waals surface area contributed by atoms with Gasteiger partial charge in [0.25, 0.3) is 0 Å². The van der Waals surface area contributed by atoms with Crippen molar-refractivity contribution in [2.24, 2.45) is 11.3 Å². The lowest BCUT2D eigenvalue weighted by Gasteiger charge is -2.43. The average Bonchev–Trinajstić information content (AvgIpc) is 2.66. The summed E-state index contributed by atoms with van der Waals surface area (Å²) >= 11 is 0. The van der Waals surface area contributed by atoms with E-state index < -0.39 is 16.4 Å². The maximum absolute atomic E-state index is 11.9. The van der Waals surface area contributed by atoms with Crippen LogP contribution in [0.1, 0.15) is 41.5 Å². The number of ether oxygens (including phenoxy) is 1. The van der Waals surface area contributed by atoms with E-state index in [2.05, 4.69) is 79.5 Å². The molecule has 0 amide bonds. The van der Waals surface area contributed by atoms with E-state index in [9.17, 15) is 4.79 Å². The van der Waals surface area contributed by atoms with Gasteiger partial charge in [0.05, 0.1) is 20.8 Å². The van der Waals surface area contributed by atoms with Gasteiger partial charge in [0.1, 0.15) is 0 Å². The van der Waals surface area contributed by atoms with Crippen molar-refractivity contribution in [3.8, 4) is 0 Å². The minimum Gasteiger partial charge on any atom is -0.463 e. The van der Waals surface area contributed by atoms with Crippen LogP contribution in [-0.2, 0) is 14.0 Å². The normalized spacial score (nSPS) is 24.0. The summed E-state index contributed by atoms with van der Waals surface area (Å²) in [5.41, 5.74) is -0.0753. The summed E-state index contributed by atoms with van der Waals surface area (Å²) in [6.07, 6.45) is 6.13. The van der Waals surface area contributed by atoms with Gasteiger partial charge < -0.3 is 9.16 Å². The van der Waals surface area contributed by atoms with Gasteiger partial charge in [0.15, 0.2) is 8.32 Å². The SMILES string of the molecule is CCOC(=O)/C=C/[C@H]1C([Si](C)(C)C)=C[C@H](O[Si](C)(C)C(C)(C)C)C1(C)C. The molecule has 0 N–H and O–H groups in total. The molecule has 0 aromatic heterocycles. The van der Waals surface area contributed by atoms with Gasteiger partial charge in [-0.05, 0) is 25.1 Å². The molecule has 26 heavy (non-hydrogen) atoms. The van der Waals surface area contributed by atoms with Crippen LogP contribution < -0.4 is 0 Å². The third kappa shape index (κ3) is 5.20. The first-order valence-corrected chi connectivity index (χ1v) is 16.2. The molecule has 0 fully saturated rings. The first-order valence-electron chi connectivity index (χ1n) is 9.79. The van der Waals surface area contributed by atoms with Crippen molar-refractivity contribution in [1.82, 2.24) is 0 Å². The topological polar surface area (TPSA) is 35.5 Å². The van der Waals surface area contributed by atoms with E-state index in [0.29, 0.717) is 6.61 Å². The third-order valence-electron chi connectivity index (χ3n) is 6.01. The largest absolute Gasteiger partial charge is 0.463 e. The Morgan fingerprint density at radius 2 is 1.73 bits per heavy atom. The van der Waals surface area contributed by atoms with Crippen LogP contribution in [0.5, 0.6) is 0 Å². The molecule has 0 spiro atoms. The lowest BCUT2D eigenvalue weighted by atomic mass is 9.79. The summed E-state index contributed by atoms with van der Waals surface area (Å²) in [4.78, 5) is 11.9. The Morgan fingerprint density at radius 1 is 1.19 bits per heavy atom. The summed E-state index contributed by atoms with van der Waals surface area (Å²) in [5, 5.41) is 1.65. The fraction of sp³-hybridized carbons (Fsp3) is 0.762. The van der Waals surface area contributed by atoms with E-state index in [-0.39, 0.29) is 28.4 Å². The summed E-state index contributed by atoms with van der Waals surface area (Å²) < 4.78 is 11.9. The number of carbonyl (C=O) groups is 1. The highest BCUT2D eigenvalue weighted by molar-refractivity contribution is 6.83. The van der Waals surface area contributed by atoms with Crippen LogP contribution in [0.15, 0.2) is 23.4 Å². The van der Waals surface area contributed by atoms with E-state index in [1.807, 2.05) is 6.92 Å². The van der Waals surface area contributed by atoms with Crippen LogP contribution in [0.3, 0.4) is 0 Å². The molecule has 0 aromatic carbocycles. The van der Waals surface area contributed by atoms with Crippen LogP contribution >= 0.6 is 0 Å². The summed E-state index contributed by atoms with van der Waals surface area (Å²) in [6, 6.07) is 0. The zero-order valence-corrected chi connectivity index (χ0v) is 20.8. The molecule has 0 bridgehead atoms. The highest BCUT2D eigenvalue weighted by Gasteiger charge is 2.50. The molecule has 0 aliphatic heterocycles. The van der Waals surface area contributed by atoms with Crippen molar-refractivity contribution in [3.05, 3.63) is 23.4 Å². The summed E-state index contributed by atoms with van der Waals surface area (Å²) in [7, 11) is -3.42. The number of rotatable bonds is 6.